The van der Waals surface area contributed by atoms with E-state index in [-0.39, 0.29) is 17.7 Å². The Balaban J connectivity index is 1.70. The fourth-order valence-electron chi connectivity index (χ4n) is 2.65. The molecule has 1 aliphatic rings. The van der Waals surface area contributed by atoms with Crippen LogP contribution in [0.2, 0.25) is 0 Å². The molecule has 1 atom stereocenters. The van der Waals surface area contributed by atoms with Gasteiger partial charge in [0.25, 0.3) is 5.91 Å². The minimum absolute atomic E-state index is 0.0247. The fourth-order valence-corrected chi connectivity index (χ4v) is 2.65. The van der Waals surface area contributed by atoms with Gasteiger partial charge in [0.1, 0.15) is 11.5 Å². The lowest BCUT2D eigenvalue weighted by Gasteiger charge is -2.34. The molecule has 0 spiro atoms. The molecule has 6 heteroatoms. The summed E-state index contributed by atoms with van der Waals surface area (Å²) in [6.45, 7) is 4.24. The number of ether oxygens (including phenoxy) is 1. The molecule has 0 aliphatic carbocycles. The number of halogens is 2. The van der Waals surface area contributed by atoms with Crippen LogP contribution in [0.5, 0.6) is 11.5 Å². The Morgan fingerprint density at radius 3 is 2.50 bits per heavy atom. The van der Waals surface area contributed by atoms with E-state index in [1.165, 1.54) is 6.07 Å². The van der Waals surface area contributed by atoms with Crippen LogP contribution in [-0.4, -0.2) is 36.5 Å². The van der Waals surface area contributed by atoms with Crippen molar-refractivity contribution >= 4 is 5.91 Å². The van der Waals surface area contributed by atoms with E-state index in [1.807, 2.05) is 11.8 Å². The molecule has 24 heavy (non-hydrogen) atoms. The van der Waals surface area contributed by atoms with Crippen LogP contribution in [0.15, 0.2) is 42.5 Å². The summed E-state index contributed by atoms with van der Waals surface area (Å²) < 4.78 is 31.6. The van der Waals surface area contributed by atoms with Gasteiger partial charge in [-0.15, -0.1) is 0 Å². The van der Waals surface area contributed by atoms with Crippen molar-refractivity contribution in [3.63, 3.8) is 0 Å². The monoisotopic (exact) mass is 332 g/mol. The Kier molecular flexibility index (Phi) is 4.76. The van der Waals surface area contributed by atoms with Crippen molar-refractivity contribution in [2.45, 2.75) is 13.0 Å². The van der Waals surface area contributed by atoms with E-state index in [9.17, 15) is 13.6 Å². The number of carbonyl (C=O) groups is 1. The number of piperazine rings is 1. The van der Waals surface area contributed by atoms with Crippen molar-refractivity contribution in [1.29, 1.82) is 0 Å². The third-order valence-electron chi connectivity index (χ3n) is 3.99. The van der Waals surface area contributed by atoms with E-state index in [0.717, 1.165) is 25.2 Å². The molecule has 1 heterocycles. The minimum Gasteiger partial charge on any atom is -0.457 e. The zero-order valence-corrected chi connectivity index (χ0v) is 13.3. The number of hydrogen-bond acceptors (Lipinski definition) is 3. The fraction of sp³-hybridized carbons (Fsp3) is 0.278. The van der Waals surface area contributed by atoms with Gasteiger partial charge in [0, 0.05) is 37.3 Å². The number of benzene rings is 2. The molecule has 1 fully saturated rings. The normalized spacial score (nSPS) is 17.6. The maximum atomic E-state index is 13.2. The smallest absolute Gasteiger partial charge is 0.254 e. The number of carbonyl (C=O) groups excluding carboxylic acids is 1. The minimum atomic E-state index is -0.966. The Hall–Kier alpha value is -2.47. The highest BCUT2D eigenvalue weighted by molar-refractivity contribution is 5.94. The second-order valence-electron chi connectivity index (χ2n) is 5.75. The molecule has 1 aliphatic heterocycles. The summed E-state index contributed by atoms with van der Waals surface area (Å²) in [5, 5.41) is 3.24. The Morgan fingerprint density at radius 2 is 1.83 bits per heavy atom. The highest BCUT2D eigenvalue weighted by Gasteiger charge is 2.23. The maximum absolute atomic E-state index is 13.2. The van der Waals surface area contributed by atoms with Crippen LogP contribution in [0.25, 0.3) is 0 Å². The average molecular weight is 332 g/mol. The molecule has 0 saturated carbocycles. The van der Waals surface area contributed by atoms with Crippen LogP contribution in [0.1, 0.15) is 17.3 Å². The van der Waals surface area contributed by atoms with Gasteiger partial charge in [-0.05, 0) is 43.3 Å². The van der Waals surface area contributed by atoms with E-state index >= 15 is 0 Å². The van der Waals surface area contributed by atoms with E-state index in [1.54, 1.807) is 24.3 Å². The molecule has 0 aromatic heterocycles. The van der Waals surface area contributed by atoms with Crippen LogP contribution in [0.3, 0.4) is 0 Å². The van der Waals surface area contributed by atoms with Crippen molar-refractivity contribution in [2.24, 2.45) is 0 Å². The molecular weight excluding hydrogens is 314 g/mol. The van der Waals surface area contributed by atoms with Crippen LogP contribution in [0, 0.1) is 11.6 Å². The van der Waals surface area contributed by atoms with Crippen LogP contribution >= 0.6 is 0 Å². The molecule has 0 radical (unpaired) electrons. The highest BCUT2D eigenvalue weighted by atomic mass is 19.2. The zero-order valence-electron chi connectivity index (χ0n) is 13.3. The molecule has 0 bridgehead atoms. The first-order valence-corrected chi connectivity index (χ1v) is 7.79. The lowest BCUT2D eigenvalue weighted by Crippen LogP contribution is -2.52. The summed E-state index contributed by atoms with van der Waals surface area (Å²) in [7, 11) is 0. The summed E-state index contributed by atoms with van der Waals surface area (Å²) >= 11 is 0. The van der Waals surface area contributed by atoms with Crippen LogP contribution in [-0.2, 0) is 0 Å². The Morgan fingerprint density at radius 1 is 1.12 bits per heavy atom. The van der Waals surface area contributed by atoms with E-state index in [0.29, 0.717) is 17.9 Å². The summed E-state index contributed by atoms with van der Waals surface area (Å²) in [4.78, 5) is 14.4. The van der Waals surface area contributed by atoms with Gasteiger partial charge in [0.05, 0.1) is 0 Å². The molecule has 2 aromatic rings. The number of hydrogen-bond donors (Lipinski definition) is 1. The molecule has 1 N–H and O–H groups in total. The largest absolute Gasteiger partial charge is 0.457 e. The number of rotatable bonds is 3. The molecule has 1 saturated heterocycles. The van der Waals surface area contributed by atoms with Gasteiger partial charge in [-0.3, -0.25) is 4.79 Å². The van der Waals surface area contributed by atoms with Crippen molar-refractivity contribution in [3.05, 3.63) is 59.7 Å². The first-order valence-electron chi connectivity index (χ1n) is 7.79. The number of amides is 1. The molecule has 4 nitrogen and oxygen atoms in total. The Bertz CT molecular complexity index is 734. The quantitative estimate of drug-likeness (QED) is 0.938. The second kappa shape index (κ2) is 6.97. The third kappa shape index (κ3) is 3.54. The topological polar surface area (TPSA) is 41.6 Å². The molecule has 0 unspecified atom stereocenters. The first kappa shape index (κ1) is 16.4. The molecule has 1 amide bonds. The first-order chi connectivity index (χ1) is 11.5. The van der Waals surface area contributed by atoms with Gasteiger partial charge >= 0.3 is 0 Å². The predicted molar refractivity (Wildman–Crippen MR) is 86.2 cm³/mol. The van der Waals surface area contributed by atoms with E-state index < -0.39 is 11.6 Å². The Labute approximate surface area is 139 Å². The molecule has 3 rings (SSSR count). The molecule has 126 valence electrons. The summed E-state index contributed by atoms with van der Waals surface area (Å²) in [6, 6.07) is 10.1. The van der Waals surface area contributed by atoms with E-state index in [4.69, 9.17) is 4.74 Å². The van der Waals surface area contributed by atoms with Crippen LogP contribution < -0.4 is 10.1 Å². The van der Waals surface area contributed by atoms with Crippen LogP contribution in [0.4, 0.5) is 8.78 Å². The van der Waals surface area contributed by atoms with Crippen molar-refractivity contribution in [1.82, 2.24) is 10.2 Å². The second-order valence-corrected chi connectivity index (χ2v) is 5.75. The lowest BCUT2D eigenvalue weighted by atomic mass is 10.1. The summed E-state index contributed by atoms with van der Waals surface area (Å²) in [5.41, 5.74) is 0.571. The van der Waals surface area contributed by atoms with Crippen molar-refractivity contribution in [2.75, 3.05) is 19.6 Å². The standard InChI is InChI=1S/C18H18F2N2O2/c1-12-11-21-8-9-22(12)18(23)13-2-4-14(5-3-13)24-15-6-7-16(19)17(20)10-15/h2-7,10,12,21H,8-9,11H2,1H3/t12-/m1/s1. The van der Waals surface area contributed by atoms with Crippen molar-refractivity contribution < 1.29 is 18.3 Å². The average Bonchev–Trinajstić information content (AvgIpc) is 2.59. The van der Waals surface area contributed by atoms with Gasteiger partial charge in [-0.25, -0.2) is 8.78 Å². The van der Waals surface area contributed by atoms with Crippen molar-refractivity contribution in [3.8, 4) is 11.5 Å². The molecular formula is C18H18F2N2O2. The van der Waals surface area contributed by atoms with Gasteiger partial charge in [-0.1, -0.05) is 0 Å². The predicted octanol–water partition coefficient (Wildman–Crippen LogP) is 3.19. The summed E-state index contributed by atoms with van der Waals surface area (Å²) in [6.07, 6.45) is 0. The zero-order chi connectivity index (χ0) is 17.1. The third-order valence-corrected chi connectivity index (χ3v) is 3.99. The van der Waals surface area contributed by atoms with Gasteiger partial charge < -0.3 is 15.0 Å². The highest BCUT2D eigenvalue weighted by Crippen LogP contribution is 2.24. The lowest BCUT2D eigenvalue weighted by molar-refractivity contribution is 0.0656. The molecule has 2 aromatic carbocycles. The number of nitrogens with zero attached hydrogens (tertiary/aromatic N) is 1. The van der Waals surface area contributed by atoms with E-state index in [2.05, 4.69) is 5.32 Å². The summed E-state index contributed by atoms with van der Waals surface area (Å²) in [5.74, 6) is -1.27. The SMILES string of the molecule is C[C@@H]1CNCCN1C(=O)c1ccc(Oc2ccc(F)c(F)c2)cc1. The van der Waals surface area contributed by atoms with Gasteiger partial charge in [0.15, 0.2) is 11.6 Å². The maximum Gasteiger partial charge on any atom is 0.254 e. The number of nitrogens with one attached hydrogen (secondary N) is 1. The van der Waals surface area contributed by atoms with Gasteiger partial charge in [-0.2, -0.15) is 0 Å². The van der Waals surface area contributed by atoms with Gasteiger partial charge in [0.2, 0.25) is 0 Å².